The number of carbonyl (C=O) groups excluding carboxylic acids is 1. The molecule has 1 aliphatic heterocycles. The van der Waals surface area contributed by atoms with Gasteiger partial charge in [0.05, 0.1) is 11.3 Å². The Morgan fingerprint density at radius 2 is 1.82 bits per heavy atom. The summed E-state index contributed by atoms with van der Waals surface area (Å²) < 4.78 is 28.6. The van der Waals surface area contributed by atoms with E-state index in [-0.39, 0.29) is 17.0 Å². The standard InChI is InChI=1S/C24H21N5O3S2/c1-16-9-10-20(17(2)14-16)29-22(18-6-5-11-25-15-18)26-27-24(29)33-13-12-28-23(30)19-7-3-4-8-21(19)34(28,31)32/h3-11,14-15H,12-13H2,1-2H3. The van der Waals surface area contributed by atoms with Crippen LogP contribution >= 0.6 is 11.8 Å². The molecule has 0 N–H and O–H groups in total. The van der Waals surface area contributed by atoms with Crippen LogP contribution in [0, 0.1) is 13.8 Å². The second-order valence-electron chi connectivity index (χ2n) is 7.90. The molecule has 172 valence electrons. The van der Waals surface area contributed by atoms with Gasteiger partial charge in [-0.2, -0.15) is 0 Å². The summed E-state index contributed by atoms with van der Waals surface area (Å²) in [7, 11) is -3.84. The van der Waals surface area contributed by atoms with E-state index in [1.165, 1.54) is 17.8 Å². The number of hydrogen-bond donors (Lipinski definition) is 0. The summed E-state index contributed by atoms with van der Waals surface area (Å²) in [5.41, 5.74) is 4.15. The highest BCUT2D eigenvalue weighted by Crippen LogP contribution is 2.32. The van der Waals surface area contributed by atoms with Crippen LogP contribution in [0.3, 0.4) is 0 Å². The van der Waals surface area contributed by atoms with Gasteiger partial charge in [-0.05, 0) is 49.7 Å². The quantitative estimate of drug-likeness (QED) is 0.378. The molecule has 0 spiro atoms. The zero-order valence-corrected chi connectivity index (χ0v) is 20.2. The van der Waals surface area contributed by atoms with Crippen LogP contribution in [0.4, 0.5) is 0 Å². The topological polar surface area (TPSA) is 98.1 Å². The summed E-state index contributed by atoms with van der Waals surface area (Å²) in [5.74, 6) is 0.470. The molecule has 1 amide bonds. The molecule has 3 heterocycles. The van der Waals surface area contributed by atoms with Crippen LogP contribution in [0.25, 0.3) is 17.1 Å². The van der Waals surface area contributed by atoms with E-state index in [1.807, 2.05) is 42.7 Å². The van der Waals surface area contributed by atoms with Crippen LogP contribution in [-0.2, 0) is 10.0 Å². The average Bonchev–Trinajstić information content (AvgIpc) is 3.33. The van der Waals surface area contributed by atoms with Gasteiger partial charge in [-0.3, -0.25) is 14.3 Å². The largest absolute Gasteiger partial charge is 0.270 e. The summed E-state index contributed by atoms with van der Waals surface area (Å²) >= 11 is 1.35. The Morgan fingerprint density at radius 1 is 1.00 bits per heavy atom. The van der Waals surface area contributed by atoms with Crippen molar-refractivity contribution in [2.45, 2.75) is 23.9 Å². The van der Waals surface area contributed by atoms with E-state index in [4.69, 9.17) is 0 Å². The van der Waals surface area contributed by atoms with Gasteiger partial charge < -0.3 is 0 Å². The first-order valence-electron chi connectivity index (χ1n) is 10.6. The van der Waals surface area contributed by atoms with E-state index in [0.717, 1.165) is 26.7 Å². The second-order valence-corrected chi connectivity index (χ2v) is 10.8. The van der Waals surface area contributed by atoms with Gasteiger partial charge in [-0.25, -0.2) is 12.7 Å². The molecule has 0 aliphatic carbocycles. The summed E-state index contributed by atoms with van der Waals surface area (Å²) in [6.07, 6.45) is 3.42. The number of rotatable bonds is 6. The lowest BCUT2D eigenvalue weighted by Crippen LogP contribution is -2.32. The molecule has 4 aromatic rings. The van der Waals surface area contributed by atoms with Crippen LogP contribution in [0.2, 0.25) is 0 Å². The molecule has 0 fully saturated rings. The minimum absolute atomic E-state index is 0.0302. The van der Waals surface area contributed by atoms with Crippen molar-refractivity contribution in [2.24, 2.45) is 0 Å². The van der Waals surface area contributed by atoms with E-state index < -0.39 is 15.9 Å². The minimum atomic E-state index is -3.84. The van der Waals surface area contributed by atoms with E-state index in [1.54, 1.807) is 30.6 Å². The Labute approximate surface area is 201 Å². The molecule has 0 bridgehead atoms. The molecule has 0 saturated heterocycles. The Hall–Kier alpha value is -3.50. The van der Waals surface area contributed by atoms with Gasteiger partial charge in [-0.15, -0.1) is 10.2 Å². The average molecular weight is 492 g/mol. The predicted molar refractivity (Wildman–Crippen MR) is 129 cm³/mol. The smallest absolute Gasteiger partial charge is 0.269 e. The van der Waals surface area contributed by atoms with E-state index in [2.05, 4.69) is 21.2 Å². The van der Waals surface area contributed by atoms with Crippen molar-refractivity contribution in [1.29, 1.82) is 0 Å². The predicted octanol–water partition coefficient (Wildman–Crippen LogP) is 3.88. The summed E-state index contributed by atoms with van der Waals surface area (Å²) in [6, 6.07) is 16.2. The number of aryl methyl sites for hydroxylation is 2. The molecular weight excluding hydrogens is 470 g/mol. The third kappa shape index (κ3) is 3.78. The molecular formula is C24H21N5O3S2. The molecule has 2 aromatic carbocycles. The number of pyridine rings is 1. The molecule has 8 nitrogen and oxygen atoms in total. The Bertz CT molecular complexity index is 1500. The van der Waals surface area contributed by atoms with Crippen molar-refractivity contribution in [3.63, 3.8) is 0 Å². The number of sulfonamides is 1. The fourth-order valence-corrected chi connectivity index (χ4v) is 6.54. The first-order chi connectivity index (χ1) is 16.4. The van der Waals surface area contributed by atoms with Gasteiger partial charge in [-0.1, -0.05) is 41.6 Å². The number of fused-ring (bicyclic) bond motifs is 1. The molecule has 0 unspecified atom stereocenters. The van der Waals surface area contributed by atoms with Crippen molar-refractivity contribution in [1.82, 2.24) is 24.1 Å². The normalized spacial score (nSPS) is 14.4. The van der Waals surface area contributed by atoms with E-state index in [0.29, 0.717) is 16.7 Å². The molecule has 1 aliphatic rings. The Kier molecular flexibility index (Phi) is 5.70. The highest BCUT2D eigenvalue weighted by Gasteiger charge is 2.40. The van der Waals surface area contributed by atoms with Gasteiger partial charge in [0.1, 0.15) is 4.90 Å². The molecule has 34 heavy (non-hydrogen) atoms. The number of carbonyl (C=O) groups is 1. The molecule has 0 saturated carbocycles. The lowest BCUT2D eigenvalue weighted by atomic mass is 10.1. The number of aromatic nitrogens is 4. The maximum absolute atomic E-state index is 12.8. The van der Waals surface area contributed by atoms with Gasteiger partial charge in [0.2, 0.25) is 0 Å². The van der Waals surface area contributed by atoms with Crippen molar-refractivity contribution in [2.75, 3.05) is 12.3 Å². The van der Waals surface area contributed by atoms with Gasteiger partial charge >= 0.3 is 0 Å². The van der Waals surface area contributed by atoms with E-state index in [9.17, 15) is 13.2 Å². The van der Waals surface area contributed by atoms with Crippen LogP contribution in [0.1, 0.15) is 21.5 Å². The Balaban J connectivity index is 1.45. The minimum Gasteiger partial charge on any atom is -0.270 e. The van der Waals surface area contributed by atoms with Crippen molar-refractivity contribution < 1.29 is 13.2 Å². The fraction of sp³-hybridized carbons (Fsp3) is 0.167. The first-order valence-corrected chi connectivity index (χ1v) is 13.0. The highest BCUT2D eigenvalue weighted by atomic mass is 32.2. The lowest BCUT2D eigenvalue weighted by molar-refractivity contribution is 0.0876. The summed E-state index contributed by atoms with van der Waals surface area (Å²) in [6.45, 7) is 4.09. The lowest BCUT2D eigenvalue weighted by Gasteiger charge is -2.16. The van der Waals surface area contributed by atoms with Crippen molar-refractivity contribution >= 4 is 27.7 Å². The second kappa shape index (κ2) is 8.69. The van der Waals surface area contributed by atoms with Crippen LogP contribution in [-0.4, -0.2) is 50.7 Å². The molecule has 0 radical (unpaired) electrons. The summed E-state index contributed by atoms with van der Waals surface area (Å²) in [4.78, 5) is 17.0. The third-order valence-electron chi connectivity index (χ3n) is 5.58. The van der Waals surface area contributed by atoms with Crippen LogP contribution in [0.5, 0.6) is 0 Å². The SMILES string of the molecule is Cc1ccc(-n2c(SCCN3C(=O)c4ccccc4S3(=O)=O)nnc2-c2cccnc2)c(C)c1. The number of benzene rings is 2. The molecule has 5 rings (SSSR count). The molecule has 0 atom stereocenters. The number of hydrogen-bond acceptors (Lipinski definition) is 7. The van der Waals surface area contributed by atoms with E-state index >= 15 is 0 Å². The Morgan fingerprint density at radius 3 is 2.56 bits per heavy atom. The summed E-state index contributed by atoms with van der Waals surface area (Å²) in [5, 5.41) is 9.40. The van der Waals surface area contributed by atoms with Crippen LogP contribution in [0.15, 0.2) is 77.0 Å². The molecule has 2 aromatic heterocycles. The maximum atomic E-state index is 12.8. The first kappa shape index (κ1) is 22.3. The molecule has 10 heteroatoms. The van der Waals surface area contributed by atoms with Crippen molar-refractivity contribution in [3.8, 4) is 17.1 Å². The third-order valence-corrected chi connectivity index (χ3v) is 8.33. The zero-order chi connectivity index (χ0) is 23.9. The van der Waals surface area contributed by atoms with Crippen molar-refractivity contribution in [3.05, 3.63) is 83.7 Å². The van der Waals surface area contributed by atoms with Gasteiger partial charge in [0.25, 0.3) is 15.9 Å². The zero-order valence-electron chi connectivity index (χ0n) is 18.5. The van der Waals surface area contributed by atoms with Gasteiger partial charge in [0, 0.05) is 30.3 Å². The number of amides is 1. The fourth-order valence-electron chi connectivity index (χ4n) is 3.99. The monoisotopic (exact) mass is 491 g/mol. The number of thioether (sulfide) groups is 1. The maximum Gasteiger partial charge on any atom is 0.269 e. The van der Waals surface area contributed by atoms with Crippen LogP contribution < -0.4 is 0 Å². The number of nitrogens with zero attached hydrogens (tertiary/aromatic N) is 5. The van der Waals surface area contributed by atoms with Gasteiger partial charge in [0.15, 0.2) is 11.0 Å². The highest BCUT2D eigenvalue weighted by molar-refractivity contribution is 7.99.